The molecule has 0 aliphatic carbocycles. The van der Waals surface area contributed by atoms with E-state index in [-0.39, 0.29) is 24.9 Å². The Morgan fingerprint density at radius 2 is 2.22 bits per heavy atom. The van der Waals surface area contributed by atoms with Gasteiger partial charge in [0.1, 0.15) is 18.7 Å². The molecule has 2 N–H and O–H groups in total. The lowest BCUT2D eigenvalue weighted by Crippen LogP contribution is -2.61. The van der Waals surface area contributed by atoms with Crippen molar-refractivity contribution < 1.29 is 24.2 Å². The van der Waals surface area contributed by atoms with Gasteiger partial charge in [-0.25, -0.2) is 4.79 Å². The maximum Gasteiger partial charge on any atom is 0.328 e. The first-order valence-electron chi connectivity index (χ1n) is 5.92. The second kappa shape index (κ2) is 4.93. The normalized spacial score (nSPS) is 32.2. The number of nitrogens with one attached hydrogen (secondary N) is 1. The van der Waals surface area contributed by atoms with Crippen molar-refractivity contribution in [2.75, 3.05) is 19.7 Å². The second-order valence-corrected chi connectivity index (χ2v) is 4.68. The van der Waals surface area contributed by atoms with Gasteiger partial charge in [0.25, 0.3) is 5.91 Å². The monoisotopic (exact) mass is 256 g/mol. The lowest BCUT2D eigenvalue weighted by Gasteiger charge is -2.34. The molecule has 0 bridgehead atoms. The summed E-state index contributed by atoms with van der Waals surface area (Å²) in [7, 11) is 0. The first-order chi connectivity index (χ1) is 8.50. The van der Waals surface area contributed by atoms with Crippen LogP contribution in [0.5, 0.6) is 0 Å². The van der Waals surface area contributed by atoms with Gasteiger partial charge in [-0.05, 0) is 12.3 Å². The van der Waals surface area contributed by atoms with Gasteiger partial charge in [0.2, 0.25) is 5.91 Å². The van der Waals surface area contributed by atoms with Crippen molar-refractivity contribution >= 4 is 17.8 Å². The molecular weight excluding hydrogens is 240 g/mol. The molecule has 0 saturated carbocycles. The largest absolute Gasteiger partial charge is 0.480 e. The van der Waals surface area contributed by atoms with E-state index in [2.05, 4.69) is 5.32 Å². The fraction of sp³-hybridized carbons (Fsp3) is 0.727. The molecule has 0 aromatic carbocycles. The third kappa shape index (κ3) is 2.31. The van der Waals surface area contributed by atoms with E-state index in [9.17, 15) is 14.4 Å². The van der Waals surface area contributed by atoms with Crippen molar-refractivity contribution in [3.8, 4) is 0 Å². The number of hydrogen-bond acceptors (Lipinski definition) is 4. The van der Waals surface area contributed by atoms with Gasteiger partial charge in [-0.2, -0.15) is 0 Å². The van der Waals surface area contributed by atoms with E-state index in [1.165, 1.54) is 0 Å². The van der Waals surface area contributed by atoms with Gasteiger partial charge in [-0.15, -0.1) is 0 Å². The fourth-order valence-corrected chi connectivity index (χ4v) is 2.27. The van der Waals surface area contributed by atoms with Crippen LogP contribution >= 0.6 is 0 Å². The number of rotatable bonds is 2. The van der Waals surface area contributed by atoms with Crippen LogP contribution in [0.2, 0.25) is 0 Å². The highest BCUT2D eigenvalue weighted by atomic mass is 16.5. The van der Waals surface area contributed by atoms with Crippen LogP contribution in [0, 0.1) is 5.92 Å². The lowest BCUT2D eigenvalue weighted by atomic mass is 10.0. The molecule has 2 fully saturated rings. The highest BCUT2D eigenvalue weighted by molar-refractivity contribution is 5.93. The van der Waals surface area contributed by atoms with E-state index in [1.54, 1.807) is 0 Å². The van der Waals surface area contributed by atoms with Crippen LogP contribution in [0.3, 0.4) is 0 Å². The van der Waals surface area contributed by atoms with E-state index in [1.807, 2.05) is 6.92 Å². The summed E-state index contributed by atoms with van der Waals surface area (Å²) in [6.45, 7) is 2.11. The smallest absolute Gasteiger partial charge is 0.328 e. The number of nitrogens with zero attached hydrogens (tertiary/aromatic N) is 1. The van der Waals surface area contributed by atoms with Crippen LogP contribution in [0.1, 0.15) is 13.3 Å². The molecule has 3 unspecified atom stereocenters. The second-order valence-electron chi connectivity index (χ2n) is 4.68. The number of carboxylic acids is 1. The topological polar surface area (TPSA) is 95.9 Å². The summed E-state index contributed by atoms with van der Waals surface area (Å²) in [5.74, 6) is -1.81. The molecule has 0 radical (unpaired) electrons. The van der Waals surface area contributed by atoms with Crippen LogP contribution in [-0.2, 0) is 19.1 Å². The predicted molar refractivity (Wildman–Crippen MR) is 59.7 cm³/mol. The Kier molecular flexibility index (Phi) is 3.51. The summed E-state index contributed by atoms with van der Waals surface area (Å²) in [6, 6.07) is -1.01. The molecule has 7 heteroatoms. The van der Waals surface area contributed by atoms with Crippen molar-refractivity contribution in [3.63, 3.8) is 0 Å². The van der Waals surface area contributed by atoms with E-state index in [0.717, 1.165) is 11.3 Å². The SMILES string of the molecule is CC1CCOC1C(=O)N1CC(=O)NCC1C(=O)O. The van der Waals surface area contributed by atoms with Gasteiger partial charge in [0.15, 0.2) is 0 Å². The van der Waals surface area contributed by atoms with Gasteiger partial charge in [-0.1, -0.05) is 6.92 Å². The molecule has 2 aliphatic rings. The summed E-state index contributed by atoms with van der Waals surface area (Å²) < 4.78 is 5.33. The third-order valence-corrected chi connectivity index (χ3v) is 3.38. The molecule has 2 heterocycles. The standard InChI is InChI=1S/C11H16N2O5/c1-6-2-3-18-9(6)10(15)13-5-8(14)12-4-7(13)11(16)17/h6-7,9H,2-5H2,1H3,(H,12,14)(H,16,17). The van der Waals surface area contributed by atoms with Crippen LogP contribution in [0.4, 0.5) is 0 Å². The quantitative estimate of drug-likeness (QED) is 0.648. The van der Waals surface area contributed by atoms with Crippen molar-refractivity contribution in [2.45, 2.75) is 25.5 Å². The predicted octanol–water partition coefficient (Wildman–Crippen LogP) is -1.18. The number of aliphatic carboxylic acids is 1. The minimum absolute atomic E-state index is 0.0527. The molecule has 0 aromatic rings. The molecule has 100 valence electrons. The molecule has 2 rings (SSSR count). The molecule has 0 aromatic heterocycles. The Labute approximate surface area is 104 Å². The van der Waals surface area contributed by atoms with E-state index in [4.69, 9.17) is 9.84 Å². The Morgan fingerprint density at radius 1 is 1.50 bits per heavy atom. The summed E-state index contributed by atoms with van der Waals surface area (Å²) in [6.07, 6.45) is 0.145. The van der Waals surface area contributed by atoms with Crippen molar-refractivity contribution in [1.82, 2.24) is 10.2 Å². The minimum atomic E-state index is -1.12. The first kappa shape index (κ1) is 12.8. The van der Waals surface area contributed by atoms with E-state index < -0.39 is 24.0 Å². The zero-order valence-electron chi connectivity index (χ0n) is 10.1. The fourth-order valence-electron chi connectivity index (χ4n) is 2.27. The number of carboxylic acid groups (broad SMARTS) is 1. The van der Waals surface area contributed by atoms with Gasteiger partial charge in [0, 0.05) is 13.2 Å². The highest BCUT2D eigenvalue weighted by Gasteiger charge is 2.41. The van der Waals surface area contributed by atoms with E-state index in [0.29, 0.717) is 6.61 Å². The number of hydrogen-bond donors (Lipinski definition) is 2. The minimum Gasteiger partial charge on any atom is -0.480 e. The maximum atomic E-state index is 12.2. The van der Waals surface area contributed by atoms with Crippen molar-refractivity contribution in [1.29, 1.82) is 0 Å². The summed E-state index contributed by atoms with van der Waals surface area (Å²) in [5, 5.41) is 11.5. The zero-order chi connectivity index (χ0) is 13.3. The van der Waals surface area contributed by atoms with Gasteiger partial charge < -0.3 is 20.1 Å². The van der Waals surface area contributed by atoms with E-state index >= 15 is 0 Å². The number of ether oxygens (including phenoxy) is 1. The Morgan fingerprint density at radius 3 is 2.78 bits per heavy atom. The van der Waals surface area contributed by atoms with Gasteiger partial charge >= 0.3 is 5.97 Å². The Balaban J connectivity index is 2.14. The van der Waals surface area contributed by atoms with Crippen LogP contribution in [0.15, 0.2) is 0 Å². The molecule has 7 nitrogen and oxygen atoms in total. The lowest BCUT2D eigenvalue weighted by molar-refractivity contribution is -0.159. The zero-order valence-corrected chi connectivity index (χ0v) is 10.1. The summed E-state index contributed by atoms with van der Waals surface area (Å²) in [4.78, 5) is 35.7. The van der Waals surface area contributed by atoms with Gasteiger partial charge in [-0.3, -0.25) is 9.59 Å². The third-order valence-electron chi connectivity index (χ3n) is 3.38. The average Bonchev–Trinajstić information content (AvgIpc) is 2.74. The number of amides is 2. The first-order valence-corrected chi connectivity index (χ1v) is 5.92. The molecular formula is C11H16N2O5. The Bertz CT molecular complexity index is 384. The Hall–Kier alpha value is -1.63. The molecule has 18 heavy (non-hydrogen) atoms. The number of carbonyl (C=O) groups is 3. The maximum absolute atomic E-state index is 12.2. The number of carbonyl (C=O) groups excluding carboxylic acids is 2. The summed E-state index contributed by atoms with van der Waals surface area (Å²) in [5.41, 5.74) is 0. The van der Waals surface area contributed by atoms with Crippen molar-refractivity contribution in [3.05, 3.63) is 0 Å². The molecule has 2 aliphatic heterocycles. The van der Waals surface area contributed by atoms with Crippen LogP contribution < -0.4 is 5.32 Å². The molecule has 0 spiro atoms. The van der Waals surface area contributed by atoms with Crippen LogP contribution in [-0.4, -0.2) is 59.6 Å². The highest BCUT2D eigenvalue weighted by Crippen LogP contribution is 2.23. The molecule has 2 saturated heterocycles. The van der Waals surface area contributed by atoms with Crippen molar-refractivity contribution in [2.24, 2.45) is 5.92 Å². The van der Waals surface area contributed by atoms with Gasteiger partial charge in [0.05, 0.1) is 0 Å². The number of piperazine rings is 1. The average molecular weight is 256 g/mol. The molecule has 3 atom stereocenters. The summed E-state index contributed by atoms with van der Waals surface area (Å²) >= 11 is 0. The molecule has 2 amide bonds. The van der Waals surface area contributed by atoms with Crippen LogP contribution in [0.25, 0.3) is 0 Å².